The molecule has 0 aliphatic rings. The van der Waals surface area contributed by atoms with Crippen molar-refractivity contribution in [1.82, 2.24) is 0 Å². The summed E-state index contributed by atoms with van der Waals surface area (Å²) in [7, 11) is 0. The van der Waals surface area contributed by atoms with Gasteiger partial charge >= 0.3 is 11.9 Å². The van der Waals surface area contributed by atoms with E-state index in [4.69, 9.17) is 9.84 Å². The number of carbonyl (C=O) groups excluding carboxylic acids is 1. The molecule has 2 rings (SSSR count). The highest BCUT2D eigenvalue weighted by Crippen LogP contribution is 2.19. The van der Waals surface area contributed by atoms with Gasteiger partial charge in [-0.2, -0.15) is 0 Å². The van der Waals surface area contributed by atoms with Crippen LogP contribution >= 0.6 is 12.4 Å². The smallest absolute Gasteiger partial charge is 0.338 e. The molecule has 1 N–H and O–H groups in total. The van der Waals surface area contributed by atoms with Gasteiger partial charge in [0.1, 0.15) is 0 Å². The first-order valence-electron chi connectivity index (χ1n) is 8.56. The van der Waals surface area contributed by atoms with Crippen LogP contribution in [0.4, 0.5) is 0 Å². The van der Waals surface area contributed by atoms with Crippen LogP contribution in [0.2, 0.25) is 0 Å². The third kappa shape index (κ3) is 6.39. The number of hydrogen-bond donors (Lipinski definition) is 1. The maximum Gasteiger partial charge on any atom is 0.338 e. The van der Waals surface area contributed by atoms with Crippen molar-refractivity contribution in [3.8, 4) is 0 Å². The number of unbranched alkanes of at least 4 members (excludes halogenated alkanes) is 5. The van der Waals surface area contributed by atoms with E-state index < -0.39 is 5.97 Å². The summed E-state index contributed by atoms with van der Waals surface area (Å²) in [5.41, 5.74) is 0.734. The number of benzene rings is 2. The Kier molecular flexibility index (Phi) is 9.00. The van der Waals surface area contributed by atoms with Gasteiger partial charge in [-0.05, 0) is 41.5 Å². The zero-order valence-corrected chi connectivity index (χ0v) is 15.3. The number of carboxylic acid groups (broad SMARTS) is 1. The number of rotatable bonds is 9. The van der Waals surface area contributed by atoms with Gasteiger partial charge in [0.2, 0.25) is 0 Å². The molecule has 0 spiro atoms. The van der Waals surface area contributed by atoms with Crippen molar-refractivity contribution in [3.05, 3.63) is 47.5 Å². The van der Waals surface area contributed by atoms with Crippen LogP contribution in [0, 0.1) is 0 Å². The monoisotopic (exact) mass is 364 g/mol. The summed E-state index contributed by atoms with van der Waals surface area (Å²) >= 11 is 0. The molecule has 5 heteroatoms. The molecule has 0 aliphatic heterocycles. The zero-order chi connectivity index (χ0) is 17.4. The fraction of sp³-hybridized carbons (Fsp3) is 0.400. The van der Waals surface area contributed by atoms with Crippen molar-refractivity contribution >= 4 is 35.1 Å². The Morgan fingerprint density at radius 2 is 1.44 bits per heavy atom. The number of hydrogen-bond acceptors (Lipinski definition) is 3. The van der Waals surface area contributed by atoms with Gasteiger partial charge in [-0.15, -0.1) is 12.4 Å². The number of fused-ring (bicyclic) bond motifs is 1. The van der Waals surface area contributed by atoms with Crippen LogP contribution in [-0.4, -0.2) is 23.7 Å². The van der Waals surface area contributed by atoms with Gasteiger partial charge in [0.15, 0.2) is 0 Å². The van der Waals surface area contributed by atoms with Crippen LogP contribution in [0.25, 0.3) is 10.8 Å². The minimum absolute atomic E-state index is 0. The average Bonchev–Trinajstić information content (AvgIpc) is 2.59. The molecule has 4 nitrogen and oxygen atoms in total. The van der Waals surface area contributed by atoms with Crippen LogP contribution in [-0.2, 0) is 4.74 Å². The van der Waals surface area contributed by atoms with E-state index in [0.717, 1.165) is 23.6 Å². The molecule has 0 aromatic heterocycles. The largest absolute Gasteiger partial charge is 0.478 e. The van der Waals surface area contributed by atoms with Gasteiger partial charge in [-0.3, -0.25) is 0 Å². The van der Waals surface area contributed by atoms with Gasteiger partial charge < -0.3 is 9.84 Å². The lowest BCUT2D eigenvalue weighted by atomic mass is 10.0. The fourth-order valence-electron chi connectivity index (χ4n) is 2.64. The lowest BCUT2D eigenvalue weighted by molar-refractivity contribution is 0.0497. The first-order valence-corrected chi connectivity index (χ1v) is 8.56. The minimum Gasteiger partial charge on any atom is -0.478 e. The van der Waals surface area contributed by atoms with Crippen molar-refractivity contribution in [2.24, 2.45) is 0 Å². The molecule has 0 bridgehead atoms. The Bertz CT molecular complexity index is 712. The van der Waals surface area contributed by atoms with Gasteiger partial charge in [0, 0.05) is 0 Å². The molecule has 0 unspecified atom stereocenters. The quantitative estimate of drug-likeness (QED) is 0.473. The van der Waals surface area contributed by atoms with Crippen LogP contribution < -0.4 is 0 Å². The van der Waals surface area contributed by atoms with Gasteiger partial charge in [-0.25, -0.2) is 9.59 Å². The van der Waals surface area contributed by atoms with Crippen LogP contribution in [0.5, 0.6) is 0 Å². The van der Waals surface area contributed by atoms with Crippen LogP contribution in [0.1, 0.15) is 66.2 Å². The highest BCUT2D eigenvalue weighted by molar-refractivity contribution is 5.98. The standard InChI is InChI=1S/C20H24O4.ClH/c1-2-3-4-5-6-7-12-24-20(23)18-11-9-15-13-17(19(21)22)10-8-16(15)14-18;/h8-11,13-14H,2-7,12H2,1H3,(H,21,22);1H. The van der Waals surface area contributed by atoms with Crippen LogP contribution in [0.3, 0.4) is 0 Å². The summed E-state index contributed by atoms with van der Waals surface area (Å²) in [6.45, 7) is 2.63. The molecule has 2 aromatic carbocycles. The highest BCUT2D eigenvalue weighted by Gasteiger charge is 2.09. The van der Waals surface area contributed by atoms with Gasteiger partial charge in [-0.1, -0.05) is 51.2 Å². The van der Waals surface area contributed by atoms with Crippen molar-refractivity contribution in [3.63, 3.8) is 0 Å². The summed E-state index contributed by atoms with van der Waals surface area (Å²) in [6, 6.07) is 10.0. The second-order valence-electron chi connectivity index (χ2n) is 5.99. The average molecular weight is 365 g/mol. The molecule has 25 heavy (non-hydrogen) atoms. The molecule has 0 fully saturated rings. The number of carbonyl (C=O) groups is 2. The minimum atomic E-state index is -0.959. The summed E-state index contributed by atoms with van der Waals surface area (Å²) < 4.78 is 5.31. The molecule has 0 radical (unpaired) electrons. The van der Waals surface area contributed by atoms with Gasteiger partial charge in [0.25, 0.3) is 0 Å². The summed E-state index contributed by atoms with van der Waals surface area (Å²) in [5, 5.41) is 10.6. The van der Waals surface area contributed by atoms with E-state index in [1.807, 2.05) is 0 Å². The first kappa shape index (κ1) is 21.0. The summed E-state index contributed by atoms with van der Waals surface area (Å²) in [6.07, 6.45) is 6.90. The van der Waals surface area contributed by atoms with E-state index in [1.165, 1.54) is 31.7 Å². The second-order valence-corrected chi connectivity index (χ2v) is 5.99. The van der Waals surface area contributed by atoms with Crippen molar-refractivity contribution in [1.29, 1.82) is 0 Å². The van der Waals surface area contributed by atoms with Crippen molar-refractivity contribution < 1.29 is 19.4 Å². The predicted octanol–water partition coefficient (Wildman–Crippen LogP) is 5.48. The Morgan fingerprint density at radius 1 is 0.880 bits per heavy atom. The summed E-state index contributed by atoms with van der Waals surface area (Å²) in [5.74, 6) is -1.29. The fourth-order valence-corrected chi connectivity index (χ4v) is 2.64. The van der Waals surface area contributed by atoms with Crippen LogP contribution in [0.15, 0.2) is 36.4 Å². The third-order valence-electron chi connectivity index (χ3n) is 4.05. The van der Waals surface area contributed by atoms with E-state index in [9.17, 15) is 9.59 Å². The van der Waals surface area contributed by atoms with Crippen molar-refractivity contribution in [2.45, 2.75) is 45.4 Å². The zero-order valence-electron chi connectivity index (χ0n) is 14.5. The second kappa shape index (κ2) is 10.7. The first-order chi connectivity index (χ1) is 11.6. The summed E-state index contributed by atoms with van der Waals surface area (Å²) in [4.78, 5) is 23.1. The number of esters is 1. The van der Waals surface area contributed by atoms with E-state index >= 15 is 0 Å². The lowest BCUT2D eigenvalue weighted by Gasteiger charge is -2.06. The molecule has 2 aromatic rings. The molecular weight excluding hydrogens is 340 g/mol. The predicted molar refractivity (Wildman–Crippen MR) is 102 cm³/mol. The Morgan fingerprint density at radius 3 is 2.08 bits per heavy atom. The number of ether oxygens (including phenoxy) is 1. The van der Waals surface area contributed by atoms with E-state index in [-0.39, 0.29) is 23.9 Å². The molecule has 0 amide bonds. The van der Waals surface area contributed by atoms with Gasteiger partial charge in [0.05, 0.1) is 17.7 Å². The molecule has 0 aliphatic carbocycles. The maximum atomic E-state index is 12.1. The number of aromatic carboxylic acids is 1. The Labute approximate surface area is 154 Å². The lowest BCUT2D eigenvalue weighted by Crippen LogP contribution is -2.06. The third-order valence-corrected chi connectivity index (χ3v) is 4.05. The molecular formula is C20H25ClO4. The molecule has 0 atom stereocenters. The molecule has 0 saturated heterocycles. The van der Waals surface area contributed by atoms with E-state index in [0.29, 0.717) is 12.2 Å². The maximum absolute atomic E-state index is 12.1. The molecule has 136 valence electrons. The van der Waals surface area contributed by atoms with E-state index in [1.54, 1.807) is 30.3 Å². The number of carboxylic acids is 1. The Hall–Kier alpha value is -2.07. The van der Waals surface area contributed by atoms with Crippen molar-refractivity contribution in [2.75, 3.05) is 6.61 Å². The van der Waals surface area contributed by atoms with E-state index in [2.05, 4.69) is 6.92 Å². The topological polar surface area (TPSA) is 63.6 Å². The SMILES string of the molecule is CCCCCCCCOC(=O)c1ccc2cc(C(=O)O)ccc2c1.Cl. The highest BCUT2D eigenvalue weighted by atomic mass is 35.5. The molecule has 0 heterocycles. The molecule has 0 saturated carbocycles. The Balaban J connectivity index is 0.00000312. The number of halogens is 1. The normalized spacial score (nSPS) is 10.3.